The van der Waals surface area contributed by atoms with Crippen molar-refractivity contribution < 1.29 is 14.3 Å². The Labute approximate surface area is 141 Å². The normalized spacial score (nSPS) is 12.5. The number of fused-ring (bicyclic) bond motifs is 1. The van der Waals surface area contributed by atoms with Crippen LogP contribution < -0.4 is 20.1 Å². The third-order valence-electron chi connectivity index (χ3n) is 3.66. The zero-order valence-electron chi connectivity index (χ0n) is 13.7. The molecule has 2 aromatic rings. The zero-order valence-corrected chi connectivity index (χ0v) is 13.7. The van der Waals surface area contributed by atoms with Crippen LogP contribution in [0.15, 0.2) is 36.7 Å². The third kappa shape index (κ3) is 3.95. The molecule has 0 saturated carbocycles. The number of rotatable bonds is 6. The van der Waals surface area contributed by atoms with Crippen molar-refractivity contribution in [2.75, 3.05) is 30.4 Å². The van der Waals surface area contributed by atoms with Crippen LogP contribution in [-0.2, 0) is 0 Å². The number of aromatic nitrogens is 1. The summed E-state index contributed by atoms with van der Waals surface area (Å²) in [6, 6.07) is 7.16. The predicted molar refractivity (Wildman–Crippen MR) is 93.0 cm³/mol. The molecule has 2 N–H and O–H groups in total. The average molecular weight is 327 g/mol. The number of nitrogens with zero attached hydrogens (tertiary/aromatic N) is 1. The lowest BCUT2D eigenvalue weighted by Crippen LogP contribution is -2.16. The van der Waals surface area contributed by atoms with E-state index in [4.69, 9.17) is 9.47 Å². The van der Waals surface area contributed by atoms with Gasteiger partial charge < -0.3 is 20.1 Å². The summed E-state index contributed by atoms with van der Waals surface area (Å²) in [5.41, 5.74) is 2.01. The van der Waals surface area contributed by atoms with Crippen LogP contribution in [0.5, 0.6) is 11.5 Å². The molecule has 0 radical (unpaired) electrons. The summed E-state index contributed by atoms with van der Waals surface area (Å²) in [6.07, 6.45) is 5.47. The number of pyridine rings is 1. The van der Waals surface area contributed by atoms with Crippen molar-refractivity contribution in [3.63, 3.8) is 0 Å². The first-order valence-corrected chi connectivity index (χ1v) is 8.16. The van der Waals surface area contributed by atoms with Crippen molar-refractivity contribution in [1.29, 1.82) is 0 Å². The lowest BCUT2D eigenvalue weighted by Gasteiger charge is -2.19. The van der Waals surface area contributed by atoms with Crippen molar-refractivity contribution in [3.05, 3.63) is 42.2 Å². The second kappa shape index (κ2) is 7.68. The first kappa shape index (κ1) is 16.1. The minimum Gasteiger partial charge on any atom is -0.486 e. The second-order valence-electron chi connectivity index (χ2n) is 5.56. The summed E-state index contributed by atoms with van der Waals surface area (Å²) in [6.45, 7) is 4.06. The summed E-state index contributed by atoms with van der Waals surface area (Å²) >= 11 is 0. The molecule has 0 atom stereocenters. The highest BCUT2D eigenvalue weighted by atomic mass is 16.6. The van der Waals surface area contributed by atoms with Gasteiger partial charge in [0, 0.05) is 30.7 Å². The fraction of sp³-hybridized carbons (Fsp3) is 0.333. The Morgan fingerprint density at radius 2 is 1.96 bits per heavy atom. The molecule has 24 heavy (non-hydrogen) atoms. The Balaban J connectivity index is 1.67. The number of nitrogens with one attached hydrogen (secondary N) is 2. The van der Waals surface area contributed by atoms with Crippen molar-refractivity contribution in [3.8, 4) is 11.5 Å². The van der Waals surface area contributed by atoms with Crippen LogP contribution in [0.25, 0.3) is 0 Å². The maximum absolute atomic E-state index is 12.4. The van der Waals surface area contributed by atoms with Crippen molar-refractivity contribution in [1.82, 2.24) is 4.98 Å². The molecule has 1 amide bonds. The molecule has 0 spiro atoms. The topological polar surface area (TPSA) is 72.5 Å². The standard InChI is InChI=1S/C18H21N3O3/c1-2-3-6-20-15-9-13(11-19-12-15)18(22)21-14-4-5-16-17(10-14)24-8-7-23-16/h4-5,9-12,20H,2-3,6-8H2,1H3,(H,21,22). The largest absolute Gasteiger partial charge is 0.486 e. The van der Waals surface area contributed by atoms with Gasteiger partial charge in [-0.1, -0.05) is 13.3 Å². The summed E-state index contributed by atoms with van der Waals surface area (Å²) in [5, 5.41) is 6.13. The van der Waals surface area contributed by atoms with Gasteiger partial charge in [0.1, 0.15) is 13.2 Å². The number of carbonyl (C=O) groups is 1. The first-order valence-electron chi connectivity index (χ1n) is 8.16. The van der Waals surface area contributed by atoms with Crippen LogP contribution in [0.1, 0.15) is 30.1 Å². The van der Waals surface area contributed by atoms with Crippen molar-refractivity contribution in [2.24, 2.45) is 0 Å². The maximum Gasteiger partial charge on any atom is 0.257 e. The second-order valence-corrected chi connectivity index (χ2v) is 5.56. The smallest absolute Gasteiger partial charge is 0.257 e. The van der Waals surface area contributed by atoms with Crippen molar-refractivity contribution in [2.45, 2.75) is 19.8 Å². The van der Waals surface area contributed by atoms with Gasteiger partial charge in [0.2, 0.25) is 0 Å². The third-order valence-corrected chi connectivity index (χ3v) is 3.66. The Kier molecular flexibility index (Phi) is 5.15. The monoisotopic (exact) mass is 327 g/mol. The van der Waals surface area contributed by atoms with E-state index in [0.29, 0.717) is 36.0 Å². The van der Waals surface area contributed by atoms with E-state index in [2.05, 4.69) is 22.5 Å². The van der Waals surface area contributed by atoms with Gasteiger partial charge in [-0.2, -0.15) is 0 Å². The van der Waals surface area contributed by atoms with Gasteiger partial charge in [-0.3, -0.25) is 9.78 Å². The van der Waals surface area contributed by atoms with Crippen LogP contribution in [0.4, 0.5) is 11.4 Å². The number of benzene rings is 1. The number of carbonyl (C=O) groups excluding carboxylic acids is 1. The SMILES string of the molecule is CCCCNc1cncc(C(=O)Nc2ccc3c(c2)OCCO3)c1. The molecule has 0 saturated heterocycles. The predicted octanol–water partition coefficient (Wildman–Crippen LogP) is 3.32. The number of anilines is 2. The average Bonchev–Trinajstić information content (AvgIpc) is 2.62. The molecule has 1 aromatic carbocycles. The molecular formula is C18H21N3O3. The number of unbranched alkanes of at least 4 members (excludes halogenated alkanes) is 1. The molecule has 0 aliphatic carbocycles. The Hall–Kier alpha value is -2.76. The van der Waals surface area contributed by atoms with E-state index in [1.54, 1.807) is 36.7 Å². The molecule has 0 unspecified atom stereocenters. The van der Waals surface area contributed by atoms with Gasteiger partial charge in [-0.05, 0) is 24.6 Å². The Morgan fingerprint density at radius 1 is 1.12 bits per heavy atom. The molecule has 1 aromatic heterocycles. The van der Waals surface area contributed by atoms with E-state index in [9.17, 15) is 4.79 Å². The summed E-state index contributed by atoms with van der Waals surface area (Å²) in [4.78, 5) is 16.5. The van der Waals surface area contributed by atoms with E-state index in [1.165, 1.54) is 0 Å². The Morgan fingerprint density at radius 3 is 2.79 bits per heavy atom. The van der Waals surface area contributed by atoms with Crippen LogP contribution in [-0.4, -0.2) is 30.6 Å². The van der Waals surface area contributed by atoms with E-state index < -0.39 is 0 Å². The minimum absolute atomic E-state index is 0.210. The van der Waals surface area contributed by atoms with Gasteiger partial charge in [0.25, 0.3) is 5.91 Å². The van der Waals surface area contributed by atoms with E-state index in [1.807, 2.05) is 0 Å². The fourth-order valence-corrected chi connectivity index (χ4v) is 2.39. The van der Waals surface area contributed by atoms with Crippen LogP contribution >= 0.6 is 0 Å². The molecule has 6 heteroatoms. The molecule has 3 rings (SSSR count). The molecule has 126 valence electrons. The molecule has 1 aliphatic heterocycles. The summed E-state index contributed by atoms with van der Waals surface area (Å²) < 4.78 is 11.0. The molecule has 0 bridgehead atoms. The summed E-state index contributed by atoms with van der Waals surface area (Å²) in [5.74, 6) is 1.13. The van der Waals surface area contributed by atoms with E-state index >= 15 is 0 Å². The number of ether oxygens (including phenoxy) is 2. The molecule has 0 fully saturated rings. The lowest BCUT2D eigenvalue weighted by molar-refractivity contribution is 0.102. The van der Waals surface area contributed by atoms with E-state index in [-0.39, 0.29) is 5.91 Å². The highest BCUT2D eigenvalue weighted by molar-refractivity contribution is 6.04. The number of hydrogen-bond acceptors (Lipinski definition) is 5. The molecule has 2 heterocycles. The quantitative estimate of drug-likeness (QED) is 0.796. The van der Waals surface area contributed by atoms with Crippen molar-refractivity contribution >= 4 is 17.3 Å². The van der Waals surface area contributed by atoms with Gasteiger partial charge in [-0.25, -0.2) is 0 Å². The summed E-state index contributed by atoms with van der Waals surface area (Å²) in [7, 11) is 0. The number of hydrogen-bond donors (Lipinski definition) is 2. The van der Waals surface area contributed by atoms with Gasteiger partial charge in [-0.15, -0.1) is 0 Å². The van der Waals surface area contributed by atoms with Gasteiger partial charge >= 0.3 is 0 Å². The van der Waals surface area contributed by atoms with Crippen LogP contribution in [0.3, 0.4) is 0 Å². The highest BCUT2D eigenvalue weighted by Gasteiger charge is 2.13. The fourth-order valence-electron chi connectivity index (χ4n) is 2.39. The first-order chi connectivity index (χ1) is 11.8. The minimum atomic E-state index is -0.210. The van der Waals surface area contributed by atoms with Crippen LogP contribution in [0.2, 0.25) is 0 Å². The van der Waals surface area contributed by atoms with Crippen LogP contribution in [0, 0.1) is 0 Å². The maximum atomic E-state index is 12.4. The van der Waals surface area contributed by atoms with Gasteiger partial charge in [0.05, 0.1) is 11.3 Å². The van der Waals surface area contributed by atoms with E-state index in [0.717, 1.165) is 25.1 Å². The molecule has 6 nitrogen and oxygen atoms in total. The number of amides is 1. The lowest BCUT2D eigenvalue weighted by atomic mass is 10.2. The highest BCUT2D eigenvalue weighted by Crippen LogP contribution is 2.32. The Bertz CT molecular complexity index is 718. The van der Waals surface area contributed by atoms with Gasteiger partial charge in [0.15, 0.2) is 11.5 Å². The zero-order chi connectivity index (χ0) is 16.8. The molecular weight excluding hydrogens is 306 g/mol. The molecule has 1 aliphatic rings.